The van der Waals surface area contributed by atoms with E-state index in [1.165, 1.54) is 11.1 Å². The normalized spacial score (nSPS) is 13.6. The van der Waals surface area contributed by atoms with Crippen molar-refractivity contribution in [2.75, 3.05) is 31.5 Å². The van der Waals surface area contributed by atoms with Gasteiger partial charge in [-0.1, -0.05) is 84.4 Å². The first-order valence-corrected chi connectivity index (χ1v) is 13.9. The molecule has 1 heterocycles. The summed E-state index contributed by atoms with van der Waals surface area (Å²) in [6.07, 6.45) is 0. The lowest BCUT2D eigenvalue weighted by Crippen LogP contribution is -2.50. The number of nitrogens with one attached hydrogen (secondary N) is 2. The van der Waals surface area contributed by atoms with Crippen molar-refractivity contribution in [2.45, 2.75) is 6.04 Å². The number of para-hydroxylation sites is 1. The molecule has 1 aliphatic rings. The molecule has 8 heteroatoms. The second kappa shape index (κ2) is 12.9. The first kappa shape index (κ1) is 27.5. The summed E-state index contributed by atoms with van der Waals surface area (Å²) >= 11 is 11.3. The summed E-state index contributed by atoms with van der Waals surface area (Å²) in [5, 5.41) is 6.35. The van der Waals surface area contributed by atoms with Gasteiger partial charge in [0.2, 0.25) is 0 Å². The van der Waals surface area contributed by atoms with Gasteiger partial charge in [0.25, 0.3) is 11.8 Å². The highest BCUT2D eigenvalue weighted by Crippen LogP contribution is 2.30. The molecule has 0 aromatic heterocycles. The number of thiocarbonyl (C=S) groups is 1. The fraction of sp³-hybridized carbons (Fsp3) is 0.156. The number of halogens is 1. The quantitative estimate of drug-likeness (QED) is 0.279. The van der Waals surface area contributed by atoms with E-state index >= 15 is 0 Å². The average molecular weight is 569 g/mol. The SMILES string of the molecule is O=C(NC(=S)Nc1ccccc1C(=O)N1CCN(C(c2ccccc2)c2ccccc2)CC1)c1ccc(Cl)cc1. The Morgan fingerprint density at radius 2 is 1.27 bits per heavy atom. The van der Waals surface area contributed by atoms with Crippen LogP contribution in [0, 0.1) is 0 Å². The topological polar surface area (TPSA) is 64.7 Å². The molecule has 0 bridgehead atoms. The monoisotopic (exact) mass is 568 g/mol. The summed E-state index contributed by atoms with van der Waals surface area (Å²) in [5.74, 6) is -0.439. The molecular weight excluding hydrogens is 540 g/mol. The summed E-state index contributed by atoms with van der Waals surface area (Å²) in [7, 11) is 0. The minimum Gasteiger partial charge on any atom is -0.336 e. The number of hydrogen-bond acceptors (Lipinski definition) is 4. The fourth-order valence-corrected chi connectivity index (χ4v) is 5.28. The molecule has 2 N–H and O–H groups in total. The van der Waals surface area contributed by atoms with Crippen LogP contribution in [0.4, 0.5) is 5.69 Å². The van der Waals surface area contributed by atoms with Gasteiger partial charge in [0.05, 0.1) is 17.3 Å². The van der Waals surface area contributed by atoms with Gasteiger partial charge in [-0.3, -0.25) is 19.8 Å². The third kappa shape index (κ3) is 6.57. The molecule has 40 heavy (non-hydrogen) atoms. The Morgan fingerprint density at radius 3 is 1.88 bits per heavy atom. The number of rotatable bonds is 6. The van der Waals surface area contributed by atoms with Gasteiger partial charge in [0.15, 0.2) is 5.11 Å². The second-order valence-corrected chi connectivity index (χ2v) is 10.4. The first-order valence-electron chi connectivity index (χ1n) is 13.1. The van der Waals surface area contributed by atoms with Crippen molar-refractivity contribution in [3.63, 3.8) is 0 Å². The van der Waals surface area contributed by atoms with Crippen LogP contribution >= 0.6 is 23.8 Å². The van der Waals surface area contributed by atoms with Gasteiger partial charge in [0, 0.05) is 36.8 Å². The maximum absolute atomic E-state index is 13.6. The lowest BCUT2D eigenvalue weighted by molar-refractivity contribution is 0.0598. The van der Waals surface area contributed by atoms with Crippen molar-refractivity contribution in [1.82, 2.24) is 15.1 Å². The van der Waals surface area contributed by atoms with Gasteiger partial charge >= 0.3 is 0 Å². The van der Waals surface area contributed by atoms with Crippen LogP contribution in [0.1, 0.15) is 37.9 Å². The third-order valence-corrected chi connectivity index (χ3v) is 7.39. The van der Waals surface area contributed by atoms with E-state index < -0.39 is 0 Å². The van der Waals surface area contributed by atoms with E-state index in [1.54, 1.807) is 36.4 Å². The predicted octanol–water partition coefficient (Wildman–Crippen LogP) is 6.01. The molecule has 0 radical (unpaired) electrons. The smallest absolute Gasteiger partial charge is 0.257 e. The lowest BCUT2D eigenvalue weighted by Gasteiger charge is -2.40. The Labute approximate surface area is 244 Å². The van der Waals surface area contributed by atoms with Gasteiger partial charge in [-0.05, 0) is 59.7 Å². The standard InChI is InChI=1S/C32H29ClN4O2S/c33-26-17-15-25(16-18-26)30(38)35-32(40)34-28-14-8-7-13-27(28)31(39)37-21-19-36(20-22-37)29(23-9-3-1-4-10-23)24-11-5-2-6-12-24/h1-18,29H,19-22H2,(H2,34,35,38,40). The number of benzene rings is 4. The minimum atomic E-state index is -0.361. The Hall–Kier alpha value is -4.04. The van der Waals surface area contributed by atoms with Crippen LogP contribution in [-0.4, -0.2) is 52.9 Å². The van der Waals surface area contributed by atoms with Crippen molar-refractivity contribution >= 4 is 46.4 Å². The molecule has 0 unspecified atom stereocenters. The molecule has 5 rings (SSSR count). The molecule has 2 amide bonds. The van der Waals surface area contributed by atoms with E-state index in [2.05, 4.69) is 64.1 Å². The largest absolute Gasteiger partial charge is 0.336 e. The zero-order valence-corrected chi connectivity index (χ0v) is 23.4. The third-order valence-electron chi connectivity index (χ3n) is 6.94. The maximum Gasteiger partial charge on any atom is 0.257 e. The van der Waals surface area contributed by atoms with E-state index in [-0.39, 0.29) is 23.0 Å². The molecule has 0 aliphatic carbocycles. The summed E-state index contributed by atoms with van der Waals surface area (Å²) in [6, 6.07) is 34.8. The van der Waals surface area contributed by atoms with Crippen LogP contribution in [0.25, 0.3) is 0 Å². The van der Waals surface area contributed by atoms with Crippen LogP contribution in [0.3, 0.4) is 0 Å². The molecule has 1 saturated heterocycles. The van der Waals surface area contributed by atoms with Crippen LogP contribution in [0.5, 0.6) is 0 Å². The van der Waals surface area contributed by atoms with Crippen molar-refractivity contribution in [1.29, 1.82) is 0 Å². The molecule has 1 aliphatic heterocycles. The molecule has 202 valence electrons. The van der Waals surface area contributed by atoms with Gasteiger partial charge in [-0.25, -0.2) is 0 Å². The van der Waals surface area contributed by atoms with Crippen LogP contribution < -0.4 is 10.6 Å². The Morgan fingerprint density at radius 1 is 0.725 bits per heavy atom. The van der Waals surface area contributed by atoms with Crippen LogP contribution in [-0.2, 0) is 0 Å². The number of anilines is 1. The average Bonchev–Trinajstić information content (AvgIpc) is 2.99. The van der Waals surface area contributed by atoms with Crippen LogP contribution in [0.2, 0.25) is 5.02 Å². The van der Waals surface area contributed by atoms with E-state index in [9.17, 15) is 9.59 Å². The number of piperazine rings is 1. The highest BCUT2D eigenvalue weighted by Gasteiger charge is 2.29. The fourth-order valence-electron chi connectivity index (χ4n) is 4.95. The van der Waals surface area contributed by atoms with Gasteiger partial charge in [-0.15, -0.1) is 0 Å². The van der Waals surface area contributed by atoms with Crippen molar-refractivity contribution < 1.29 is 9.59 Å². The van der Waals surface area contributed by atoms with E-state index in [4.69, 9.17) is 23.8 Å². The highest BCUT2D eigenvalue weighted by atomic mass is 35.5. The Bertz CT molecular complexity index is 1430. The number of carbonyl (C=O) groups is 2. The summed E-state index contributed by atoms with van der Waals surface area (Å²) in [5.41, 5.74) is 3.94. The number of nitrogens with zero attached hydrogens (tertiary/aromatic N) is 2. The second-order valence-electron chi connectivity index (χ2n) is 9.51. The number of carbonyl (C=O) groups excluding carboxylic acids is 2. The summed E-state index contributed by atoms with van der Waals surface area (Å²) in [4.78, 5) is 30.5. The van der Waals surface area contributed by atoms with E-state index in [0.717, 1.165) is 13.1 Å². The van der Waals surface area contributed by atoms with Crippen molar-refractivity contribution in [3.8, 4) is 0 Å². The molecule has 0 saturated carbocycles. The van der Waals surface area contributed by atoms with Gasteiger partial charge < -0.3 is 10.2 Å². The lowest BCUT2D eigenvalue weighted by atomic mass is 9.96. The molecular formula is C32H29ClN4O2S. The van der Waals surface area contributed by atoms with Gasteiger partial charge in [-0.2, -0.15) is 0 Å². The Balaban J connectivity index is 1.25. The summed E-state index contributed by atoms with van der Waals surface area (Å²) < 4.78 is 0. The number of amides is 2. The highest BCUT2D eigenvalue weighted by molar-refractivity contribution is 7.80. The van der Waals surface area contributed by atoms with Crippen LogP contribution in [0.15, 0.2) is 109 Å². The Kier molecular flexibility index (Phi) is 8.86. The summed E-state index contributed by atoms with van der Waals surface area (Å²) in [6.45, 7) is 2.68. The molecule has 6 nitrogen and oxygen atoms in total. The molecule has 4 aromatic rings. The van der Waals surface area contributed by atoms with Crippen molar-refractivity contribution in [3.05, 3.63) is 136 Å². The zero-order valence-electron chi connectivity index (χ0n) is 21.8. The van der Waals surface area contributed by atoms with Gasteiger partial charge in [0.1, 0.15) is 0 Å². The zero-order chi connectivity index (χ0) is 27.9. The minimum absolute atomic E-state index is 0.0782. The van der Waals surface area contributed by atoms with Crippen molar-refractivity contribution in [2.24, 2.45) is 0 Å². The maximum atomic E-state index is 13.6. The molecule has 1 fully saturated rings. The molecule has 0 atom stereocenters. The van der Waals surface area contributed by atoms with E-state index in [0.29, 0.717) is 34.9 Å². The first-order chi connectivity index (χ1) is 19.5. The van der Waals surface area contributed by atoms with E-state index in [1.807, 2.05) is 29.2 Å². The number of hydrogen-bond donors (Lipinski definition) is 2. The predicted molar refractivity (Wildman–Crippen MR) is 164 cm³/mol. The molecule has 0 spiro atoms. The molecule has 4 aromatic carbocycles.